The lowest BCUT2D eigenvalue weighted by Crippen LogP contribution is -2.38. The molecule has 0 saturated heterocycles. The fraction of sp³-hybridized carbons (Fsp3) is 0.192. The Hall–Kier alpha value is -2.71. The maximum atomic E-state index is 11.9. The summed E-state index contributed by atoms with van der Waals surface area (Å²) in [5.41, 5.74) is 3.64. The highest BCUT2D eigenvalue weighted by molar-refractivity contribution is 9.10. The number of H-pyrrole nitrogens is 1. The molecule has 1 heterocycles. The van der Waals surface area contributed by atoms with E-state index < -0.39 is 12.0 Å². The molecule has 0 fully saturated rings. The van der Waals surface area contributed by atoms with Gasteiger partial charge in [0.25, 0.3) is 0 Å². The van der Waals surface area contributed by atoms with Crippen molar-refractivity contribution < 1.29 is 19.4 Å². The number of methoxy groups -OCH3 is 1. The van der Waals surface area contributed by atoms with Crippen LogP contribution in [0, 0.1) is 0 Å². The van der Waals surface area contributed by atoms with E-state index >= 15 is 0 Å². The van der Waals surface area contributed by atoms with Gasteiger partial charge in [-0.1, -0.05) is 47.5 Å². The fourth-order valence-corrected chi connectivity index (χ4v) is 4.73. The lowest BCUT2D eigenvalue weighted by atomic mass is 10.0. The number of aromatic amines is 1. The summed E-state index contributed by atoms with van der Waals surface area (Å²) in [6.45, 7) is 0.608. The second kappa shape index (κ2) is 11.4. The summed E-state index contributed by atoms with van der Waals surface area (Å²) in [6.07, 6.45) is 2.21. The van der Waals surface area contributed by atoms with Crippen molar-refractivity contribution in [3.05, 3.63) is 92.0 Å². The monoisotopic (exact) mass is 576 g/mol. The highest BCUT2D eigenvalue weighted by atomic mass is 79.9. The number of carbonyl (C=O) groups is 1. The minimum atomic E-state index is -0.914. The minimum absolute atomic E-state index is 0.273. The molecule has 0 saturated carbocycles. The third kappa shape index (κ3) is 6.11. The molecule has 3 aromatic carbocycles. The van der Waals surface area contributed by atoms with Gasteiger partial charge in [-0.05, 0) is 63.0 Å². The topological polar surface area (TPSA) is 83.6 Å². The first kappa shape index (κ1) is 25.4. The highest BCUT2D eigenvalue weighted by Crippen LogP contribution is 2.37. The van der Waals surface area contributed by atoms with Crippen LogP contribution in [0.2, 0.25) is 10.0 Å². The van der Waals surface area contributed by atoms with Crippen LogP contribution in [0.25, 0.3) is 10.9 Å². The molecule has 1 unspecified atom stereocenters. The molecule has 0 amide bonds. The van der Waals surface area contributed by atoms with E-state index in [0.29, 0.717) is 39.0 Å². The Morgan fingerprint density at radius 1 is 1.11 bits per heavy atom. The Labute approximate surface area is 221 Å². The Kier molecular flexibility index (Phi) is 8.23. The van der Waals surface area contributed by atoms with Crippen LogP contribution in [0.5, 0.6) is 11.5 Å². The number of hydrogen-bond donors (Lipinski definition) is 3. The van der Waals surface area contributed by atoms with Crippen LogP contribution in [0.15, 0.2) is 65.3 Å². The molecule has 1 atom stereocenters. The molecule has 0 radical (unpaired) electrons. The van der Waals surface area contributed by atoms with Crippen molar-refractivity contribution in [3.8, 4) is 11.5 Å². The summed E-state index contributed by atoms with van der Waals surface area (Å²) in [5.74, 6) is 0.151. The number of para-hydroxylation sites is 1. The number of benzene rings is 3. The van der Waals surface area contributed by atoms with Gasteiger partial charge in [-0.25, -0.2) is 0 Å². The fourth-order valence-electron chi connectivity index (χ4n) is 3.81. The van der Waals surface area contributed by atoms with Crippen LogP contribution in [0.4, 0.5) is 0 Å². The normalized spacial score (nSPS) is 12.0. The van der Waals surface area contributed by atoms with E-state index in [1.165, 1.54) is 0 Å². The number of carboxylic acids is 1. The van der Waals surface area contributed by atoms with Gasteiger partial charge in [-0.3, -0.25) is 4.79 Å². The van der Waals surface area contributed by atoms with Crippen LogP contribution in [0.3, 0.4) is 0 Å². The summed E-state index contributed by atoms with van der Waals surface area (Å²) >= 11 is 15.6. The molecular formula is C26H23BrCl2N2O4. The van der Waals surface area contributed by atoms with Gasteiger partial charge in [0.1, 0.15) is 12.6 Å². The number of rotatable bonds is 10. The van der Waals surface area contributed by atoms with Gasteiger partial charge in [-0.2, -0.15) is 0 Å². The molecule has 0 aliphatic rings. The van der Waals surface area contributed by atoms with Crippen molar-refractivity contribution in [1.82, 2.24) is 10.3 Å². The van der Waals surface area contributed by atoms with E-state index in [1.54, 1.807) is 19.2 Å². The van der Waals surface area contributed by atoms with Gasteiger partial charge in [0, 0.05) is 30.1 Å². The maximum Gasteiger partial charge on any atom is 0.321 e. The van der Waals surface area contributed by atoms with Crippen molar-refractivity contribution >= 4 is 56.0 Å². The smallest absolute Gasteiger partial charge is 0.321 e. The molecule has 182 valence electrons. The van der Waals surface area contributed by atoms with E-state index in [2.05, 4.69) is 26.2 Å². The molecule has 0 aliphatic carbocycles. The first-order valence-electron chi connectivity index (χ1n) is 10.8. The number of hydrogen-bond acceptors (Lipinski definition) is 4. The summed E-state index contributed by atoms with van der Waals surface area (Å²) in [4.78, 5) is 15.1. The van der Waals surface area contributed by atoms with Crippen LogP contribution in [-0.2, 0) is 24.4 Å². The molecule has 1 aromatic heterocycles. The molecule has 0 bridgehead atoms. The second-order valence-electron chi connectivity index (χ2n) is 7.98. The van der Waals surface area contributed by atoms with Crippen LogP contribution in [-0.4, -0.2) is 29.2 Å². The van der Waals surface area contributed by atoms with E-state index in [4.69, 9.17) is 32.7 Å². The summed E-state index contributed by atoms with van der Waals surface area (Å²) in [7, 11) is 1.56. The van der Waals surface area contributed by atoms with Crippen molar-refractivity contribution in [2.45, 2.75) is 25.6 Å². The van der Waals surface area contributed by atoms with Crippen molar-refractivity contribution in [2.24, 2.45) is 0 Å². The van der Waals surface area contributed by atoms with Crippen molar-refractivity contribution in [1.29, 1.82) is 0 Å². The second-order valence-corrected chi connectivity index (χ2v) is 9.65. The summed E-state index contributed by atoms with van der Waals surface area (Å²) in [6, 6.07) is 16.1. The van der Waals surface area contributed by atoms with Crippen LogP contribution < -0.4 is 14.8 Å². The average Bonchev–Trinajstić information content (AvgIpc) is 3.25. The zero-order chi connectivity index (χ0) is 24.9. The van der Waals surface area contributed by atoms with Gasteiger partial charge in [-0.15, -0.1) is 0 Å². The molecule has 6 nitrogen and oxygen atoms in total. The lowest BCUT2D eigenvalue weighted by Gasteiger charge is -2.17. The Bertz CT molecular complexity index is 1360. The van der Waals surface area contributed by atoms with Gasteiger partial charge in [0.15, 0.2) is 11.5 Å². The minimum Gasteiger partial charge on any atom is -0.493 e. The van der Waals surface area contributed by atoms with E-state index in [0.717, 1.165) is 27.6 Å². The maximum absolute atomic E-state index is 11.9. The van der Waals surface area contributed by atoms with Crippen LogP contribution in [0.1, 0.15) is 16.7 Å². The summed E-state index contributed by atoms with van der Waals surface area (Å²) in [5, 5.41) is 14.9. The Morgan fingerprint density at radius 2 is 1.91 bits per heavy atom. The van der Waals surface area contributed by atoms with Gasteiger partial charge in [0.05, 0.1) is 21.6 Å². The molecule has 0 aliphatic heterocycles. The molecule has 4 rings (SSSR count). The molecule has 9 heteroatoms. The molecule has 4 aromatic rings. The zero-order valence-electron chi connectivity index (χ0n) is 18.8. The first-order chi connectivity index (χ1) is 16.9. The van der Waals surface area contributed by atoms with Gasteiger partial charge in [0.2, 0.25) is 0 Å². The van der Waals surface area contributed by atoms with Crippen molar-refractivity contribution in [2.75, 3.05) is 7.11 Å². The molecule has 0 spiro atoms. The SMILES string of the molecule is COc1cc(CNC(Cc2c[nH]c3ccccc23)C(=O)O)cc(Br)c1OCc1ccc(Cl)c(Cl)c1. The number of ether oxygens (including phenoxy) is 2. The largest absolute Gasteiger partial charge is 0.493 e. The lowest BCUT2D eigenvalue weighted by molar-refractivity contribution is -0.139. The highest BCUT2D eigenvalue weighted by Gasteiger charge is 2.20. The number of aliphatic carboxylic acids is 1. The van der Waals surface area contributed by atoms with E-state index in [9.17, 15) is 9.90 Å². The number of carboxylic acid groups (broad SMARTS) is 1. The van der Waals surface area contributed by atoms with E-state index in [-0.39, 0.29) is 6.61 Å². The third-order valence-electron chi connectivity index (χ3n) is 5.61. The number of halogens is 3. The predicted octanol–water partition coefficient (Wildman–Crippen LogP) is 6.61. The number of nitrogens with one attached hydrogen (secondary N) is 2. The zero-order valence-corrected chi connectivity index (χ0v) is 21.9. The Balaban J connectivity index is 1.45. The standard InChI is InChI=1S/C26H23BrCl2N2O4/c1-34-24-10-16(8-19(27)25(24)35-14-15-6-7-20(28)21(29)9-15)12-30-23(26(32)33)11-17-13-31-22-5-3-2-4-18(17)22/h2-10,13,23,30-31H,11-12,14H2,1H3,(H,32,33). The predicted molar refractivity (Wildman–Crippen MR) is 142 cm³/mol. The molecular weight excluding hydrogens is 555 g/mol. The number of fused-ring (bicyclic) bond motifs is 1. The van der Waals surface area contributed by atoms with Gasteiger partial charge < -0.3 is 24.9 Å². The molecule has 3 N–H and O–H groups in total. The quantitative estimate of drug-likeness (QED) is 0.197. The van der Waals surface area contributed by atoms with Gasteiger partial charge >= 0.3 is 5.97 Å². The van der Waals surface area contributed by atoms with Crippen molar-refractivity contribution in [3.63, 3.8) is 0 Å². The number of aromatic nitrogens is 1. The van der Waals surface area contributed by atoms with Crippen LogP contribution >= 0.6 is 39.1 Å². The Morgan fingerprint density at radius 3 is 2.66 bits per heavy atom. The molecule has 35 heavy (non-hydrogen) atoms. The average molecular weight is 578 g/mol. The third-order valence-corrected chi connectivity index (χ3v) is 6.93. The first-order valence-corrected chi connectivity index (χ1v) is 12.3. The summed E-state index contributed by atoms with van der Waals surface area (Å²) < 4.78 is 12.2. The van der Waals surface area contributed by atoms with E-state index in [1.807, 2.05) is 48.7 Å².